The predicted molar refractivity (Wildman–Crippen MR) is 129 cm³/mol. The average Bonchev–Trinajstić information content (AvgIpc) is 2.80. The van der Waals surface area contributed by atoms with E-state index in [1.165, 1.54) is 0 Å². The van der Waals surface area contributed by atoms with Crippen LogP contribution in [0.25, 0.3) is 0 Å². The highest BCUT2D eigenvalue weighted by atomic mass is 35.5. The van der Waals surface area contributed by atoms with E-state index in [9.17, 15) is 23.2 Å². The molecular weight excluding hydrogens is 525 g/mol. The van der Waals surface area contributed by atoms with Crippen molar-refractivity contribution in [2.45, 2.75) is 13.8 Å². The molecule has 2 rings (SSSR count). The number of carbonyl (C=O) groups is 3. The van der Waals surface area contributed by atoms with Gasteiger partial charge in [0.2, 0.25) is 0 Å². The number of halogens is 4. The summed E-state index contributed by atoms with van der Waals surface area (Å²) in [6.07, 6.45) is 3.08. The summed E-state index contributed by atoms with van der Waals surface area (Å²) in [5.74, 6) is -2.61. The minimum absolute atomic E-state index is 0.0456. The van der Waals surface area contributed by atoms with Crippen LogP contribution in [0, 0.1) is 11.6 Å². The van der Waals surface area contributed by atoms with Gasteiger partial charge in [0.05, 0.1) is 21.4 Å². The second-order valence-electron chi connectivity index (χ2n) is 6.56. The Morgan fingerprint density at radius 2 is 1.17 bits per heavy atom. The van der Waals surface area contributed by atoms with Crippen LogP contribution in [0.1, 0.15) is 13.8 Å². The monoisotopic (exact) mass is 544 g/mol. The first-order chi connectivity index (χ1) is 17.1. The number of nitrogens with one attached hydrogen (secondary N) is 2. The number of hydrogen-bond acceptors (Lipinski definition) is 7. The van der Waals surface area contributed by atoms with Gasteiger partial charge in [-0.3, -0.25) is 10.6 Å². The molecule has 9 nitrogen and oxygen atoms in total. The zero-order chi connectivity index (χ0) is 26.7. The summed E-state index contributed by atoms with van der Waals surface area (Å²) in [6.45, 7) is 3.35. The van der Waals surface area contributed by atoms with Crippen molar-refractivity contribution in [2.24, 2.45) is 0 Å². The topological polar surface area (TPSA) is 112 Å². The molecule has 0 fully saturated rings. The third-order valence-electron chi connectivity index (χ3n) is 4.00. The van der Waals surface area contributed by atoms with E-state index in [0.717, 1.165) is 24.3 Å². The molecule has 0 saturated heterocycles. The molecule has 13 heteroatoms. The Bertz CT molecular complexity index is 1100. The van der Waals surface area contributed by atoms with Crippen LogP contribution in [0.4, 0.5) is 34.5 Å². The maximum absolute atomic E-state index is 14.2. The van der Waals surface area contributed by atoms with Gasteiger partial charge in [-0.15, -0.1) is 0 Å². The third-order valence-corrected chi connectivity index (χ3v) is 4.59. The van der Waals surface area contributed by atoms with Gasteiger partial charge in [0.1, 0.15) is 24.8 Å². The molecule has 2 aromatic rings. The van der Waals surface area contributed by atoms with Gasteiger partial charge < -0.3 is 18.9 Å². The zero-order valence-electron chi connectivity index (χ0n) is 18.9. The Morgan fingerprint density at radius 1 is 0.778 bits per heavy atom. The van der Waals surface area contributed by atoms with Crippen LogP contribution in [0.15, 0.2) is 48.6 Å². The van der Waals surface area contributed by atoms with E-state index in [1.54, 1.807) is 38.2 Å². The van der Waals surface area contributed by atoms with Crippen LogP contribution >= 0.6 is 23.2 Å². The van der Waals surface area contributed by atoms with E-state index in [0.29, 0.717) is 0 Å². The highest BCUT2D eigenvalue weighted by Gasteiger charge is 2.19. The van der Waals surface area contributed by atoms with Crippen molar-refractivity contribution >= 4 is 52.9 Å². The lowest BCUT2D eigenvalue weighted by Crippen LogP contribution is -2.17. The summed E-state index contributed by atoms with van der Waals surface area (Å²) in [5, 5.41) is 3.63. The molecular formula is C23H20Cl2F2N2O7. The largest absolute Gasteiger partial charge is 0.519 e. The van der Waals surface area contributed by atoms with Gasteiger partial charge in [-0.05, 0) is 26.0 Å². The molecule has 0 atom stereocenters. The summed E-state index contributed by atoms with van der Waals surface area (Å²) in [6, 6.07) is 3.43. The summed E-state index contributed by atoms with van der Waals surface area (Å²) in [4.78, 5) is 35.8. The van der Waals surface area contributed by atoms with Gasteiger partial charge >= 0.3 is 18.3 Å². The van der Waals surface area contributed by atoms with Crippen molar-refractivity contribution in [3.8, 4) is 11.5 Å². The molecule has 0 aromatic heterocycles. The van der Waals surface area contributed by atoms with Crippen LogP contribution < -0.4 is 20.1 Å². The van der Waals surface area contributed by atoms with Crippen LogP contribution in [0.3, 0.4) is 0 Å². The van der Waals surface area contributed by atoms with Crippen LogP contribution in [-0.2, 0) is 9.47 Å². The van der Waals surface area contributed by atoms with Crippen molar-refractivity contribution in [2.75, 3.05) is 23.8 Å². The molecule has 0 saturated carbocycles. The second kappa shape index (κ2) is 13.9. The SMILES string of the molecule is C/C=C/COC(=O)Nc1cc(OC(=O)Oc2cc(NC(=O)OC/C=C/C)c(F)cc2Cl)c(Cl)cc1F. The fourth-order valence-electron chi connectivity index (χ4n) is 2.34. The van der Waals surface area contributed by atoms with Crippen LogP contribution in [-0.4, -0.2) is 31.6 Å². The maximum atomic E-state index is 14.2. The molecule has 2 aromatic carbocycles. The number of anilines is 2. The molecule has 192 valence electrons. The molecule has 2 amide bonds. The first-order valence-corrected chi connectivity index (χ1v) is 10.9. The molecule has 0 radical (unpaired) electrons. The first-order valence-electron chi connectivity index (χ1n) is 10.1. The average molecular weight is 545 g/mol. The number of hydrogen-bond donors (Lipinski definition) is 2. The molecule has 0 unspecified atom stereocenters. The number of rotatable bonds is 8. The summed E-state index contributed by atoms with van der Waals surface area (Å²) >= 11 is 11.8. The lowest BCUT2D eigenvalue weighted by atomic mass is 10.3. The Hall–Kier alpha value is -3.83. The first kappa shape index (κ1) is 28.4. The minimum Gasteiger partial charge on any atom is -0.445 e. The Labute approximate surface area is 214 Å². The number of amides is 2. The molecule has 0 heterocycles. The van der Waals surface area contributed by atoms with Crippen molar-refractivity contribution < 1.29 is 42.1 Å². The second-order valence-corrected chi connectivity index (χ2v) is 7.38. The molecule has 36 heavy (non-hydrogen) atoms. The Morgan fingerprint density at radius 3 is 1.53 bits per heavy atom. The normalized spacial score (nSPS) is 10.8. The lowest BCUT2D eigenvalue weighted by Gasteiger charge is -2.12. The van der Waals surface area contributed by atoms with Crippen LogP contribution in [0.5, 0.6) is 11.5 Å². The number of carbonyl (C=O) groups excluding carboxylic acids is 3. The number of allylic oxidation sites excluding steroid dienone is 2. The summed E-state index contributed by atoms with van der Waals surface area (Å²) in [7, 11) is 0. The van der Waals surface area contributed by atoms with E-state index >= 15 is 0 Å². The van der Waals surface area contributed by atoms with E-state index < -0.39 is 41.4 Å². The van der Waals surface area contributed by atoms with Gasteiger partial charge in [0.15, 0.2) is 11.5 Å². The molecule has 0 aliphatic rings. The van der Waals surface area contributed by atoms with E-state index in [4.69, 9.17) is 42.1 Å². The quantitative estimate of drug-likeness (QED) is 0.207. The predicted octanol–water partition coefficient (Wildman–Crippen LogP) is 7.10. The van der Waals surface area contributed by atoms with Crippen molar-refractivity contribution in [1.29, 1.82) is 0 Å². The highest BCUT2D eigenvalue weighted by molar-refractivity contribution is 6.32. The summed E-state index contributed by atoms with van der Waals surface area (Å²) < 4.78 is 47.8. The smallest absolute Gasteiger partial charge is 0.445 e. The standard InChI is InChI=1S/C23H20Cl2F2N2O7/c1-3-5-7-33-21(30)28-17-11-19(13(24)9-15(17)26)35-23(32)36-20-12-18(16(27)10-14(20)25)29-22(31)34-8-6-4-2/h3-6,9-12H,7-8H2,1-2H3,(H,28,30)(H,29,31)/b5-3+,6-4+. The lowest BCUT2D eigenvalue weighted by molar-refractivity contribution is 0.152. The maximum Gasteiger partial charge on any atom is 0.519 e. The van der Waals surface area contributed by atoms with Gasteiger partial charge in [-0.2, -0.15) is 0 Å². The Kier molecular flexibility index (Phi) is 11.0. The molecule has 0 spiro atoms. The van der Waals surface area contributed by atoms with Crippen molar-refractivity contribution in [1.82, 2.24) is 0 Å². The fraction of sp³-hybridized carbons (Fsp3) is 0.174. The molecule has 2 N–H and O–H groups in total. The van der Waals surface area contributed by atoms with Crippen molar-refractivity contribution in [3.63, 3.8) is 0 Å². The van der Waals surface area contributed by atoms with Gasteiger partial charge in [-0.25, -0.2) is 23.2 Å². The van der Waals surface area contributed by atoms with Gasteiger partial charge in [0, 0.05) is 12.1 Å². The summed E-state index contributed by atoms with van der Waals surface area (Å²) in [5.41, 5.74) is -0.786. The van der Waals surface area contributed by atoms with E-state index in [2.05, 4.69) is 10.6 Å². The van der Waals surface area contributed by atoms with Crippen molar-refractivity contribution in [3.05, 3.63) is 70.2 Å². The molecule has 0 aliphatic carbocycles. The molecule has 0 aliphatic heterocycles. The van der Waals surface area contributed by atoms with E-state index in [-0.39, 0.29) is 34.8 Å². The molecule has 0 bridgehead atoms. The third kappa shape index (κ3) is 8.75. The number of ether oxygens (including phenoxy) is 4. The highest BCUT2D eigenvalue weighted by Crippen LogP contribution is 2.33. The van der Waals surface area contributed by atoms with Gasteiger partial charge in [0.25, 0.3) is 0 Å². The van der Waals surface area contributed by atoms with Gasteiger partial charge in [-0.1, -0.05) is 47.5 Å². The van der Waals surface area contributed by atoms with Crippen LogP contribution in [0.2, 0.25) is 10.0 Å². The Balaban J connectivity index is 2.12. The minimum atomic E-state index is -1.39. The van der Waals surface area contributed by atoms with E-state index in [1.807, 2.05) is 0 Å². The zero-order valence-corrected chi connectivity index (χ0v) is 20.4. The number of benzene rings is 2. The fourth-order valence-corrected chi connectivity index (χ4v) is 2.72.